The smallest absolute Gasteiger partial charge is 0.236 e. The molecule has 52 valence electrons. The maximum Gasteiger partial charge on any atom is 0.236 e. The summed E-state index contributed by atoms with van der Waals surface area (Å²) in [4.78, 5) is 10.6. The van der Waals surface area contributed by atoms with Crippen molar-refractivity contribution < 1.29 is 9.90 Å². The quantitative estimate of drug-likeness (QED) is 0.347. The lowest BCUT2D eigenvalue weighted by molar-refractivity contribution is -0.129. The monoisotopic (exact) mass is 130 g/mol. The highest BCUT2D eigenvalue weighted by atomic mass is 16.3. The number of hydrogen-bond donors (Lipinski definition) is 2. The minimum Gasteiger partial charge on any atom is -0.394 e. The minimum absolute atomic E-state index is 0.0256. The van der Waals surface area contributed by atoms with Crippen LogP contribution in [-0.2, 0) is 4.79 Å². The third-order valence-corrected chi connectivity index (χ3v) is 1.58. The van der Waals surface area contributed by atoms with Crippen LogP contribution in [0.4, 0.5) is 0 Å². The first kappa shape index (κ1) is 6.51. The summed E-state index contributed by atoms with van der Waals surface area (Å²) in [5, 5.41) is 9.69. The van der Waals surface area contributed by atoms with Gasteiger partial charge in [0.1, 0.15) is 0 Å². The van der Waals surface area contributed by atoms with Gasteiger partial charge in [0, 0.05) is 6.42 Å². The second-order valence-corrected chi connectivity index (χ2v) is 2.18. The molecule has 9 heavy (non-hydrogen) atoms. The molecule has 1 amide bonds. The van der Waals surface area contributed by atoms with Crippen molar-refractivity contribution in [3.63, 3.8) is 0 Å². The van der Waals surface area contributed by atoms with E-state index in [0.717, 1.165) is 5.01 Å². The topological polar surface area (TPSA) is 66.6 Å². The van der Waals surface area contributed by atoms with Crippen LogP contribution in [0.25, 0.3) is 0 Å². The molecule has 1 heterocycles. The van der Waals surface area contributed by atoms with Crippen LogP contribution in [-0.4, -0.2) is 28.7 Å². The van der Waals surface area contributed by atoms with Gasteiger partial charge < -0.3 is 5.11 Å². The Morgan fingerprint density at radius 3 is 2.78 bits per heavy atom. The highest BCUT2D eigenvalue weighted by Crippen LogP contribution is 2.12. The number of hydrogen-bond acceptors (Lipinski definition) is 3. The summed E-state index contributed by atoms with van der Waals surface area (Å²) in [6, 6.07) is -0.141. The fourth-order valence-electron chi connectivity index (χ4n) is 0.941. The summed E-state index contributed by atoms with van der Waals surface area (Å²) in [5.74, 6) is 5.18. The Kier molecular flexibility index (Phi) is 1.68. The molecule has 0 bridgehead atoms. The fraction of sp³-hybridized carbons (Fsp3) is 0.800. The highest BCUT2D eigenvalue weighted by Gasteiger charge is 2.27. The predicted molar refractivity (Wildman–Crippen MR) is 31.1 cm³/mol. The van der Waals surface area contributed by atoms with Gasteiger partial charge in [0.05, 0.1) is 12.6 Å². The molecule has 1 fully saturated rings. The molecular formula is C5H10N2O2. The van der Waals surface area contributed by atoms with Crippen molar-refractivity contribution in [2.45, 2.75) is 18.9 Å². The normalized spacial score (nSPS) is 27.6. The molecule has 0 aliphatic carbocycles. The van der Waals surface area contributed by atoms with E-state index in [4.69, 9.17) is 10.9 Å². The number of rotatable bonds is 1. The molecule has 0 aromatic rings. The molecule has 4 heteroatoms. The zero-order valence-electron chi connectivity index (χ0n) is 5.08. The Hall–Kier alpha value is -0.610. The molecule has 1 atom stereocenters. The van der Waals surface area contributed by atoms with Gasteiger partial charge in [-0.15, -0.1) is 0 Å². The van der Waals surface area contributed by atoms with Gasteiger partial charge in [-0.3, -0.25) is 9.80 Å². The summed E-state index contributed by atoms with van der Waals surface area (Å²) >= 11 is 0. The van der Waals surface area contributed by atoms with Gasteiger partial charge in [-0.1, -0.05) is 0 Å². The second kappa shape index (κ2) is 2.33. The van der Waals surface area contributed by atoms with Crippen LogP contribution >= 0.6 is 0 Å². The number of nitrogens with two attached hydrogens (primary N) is 1. The van der Waals surface area contributed by atoms with Gasteiger partial charge in [0.15, 0.2) is 0 Å². The van der Waals surface area contributed by atoms with E-state index in [-0.39, 0.29) is 18.6 Å². The third kappa shape index (κ3) is 1.04. The lowest BCUT2D eigenvalue weighted by Crippen LogP contribution is -2.40. The van der Waals surface area contributed by atoms with Gasteiger partial charge >= 0.3 is 0 Å². The first-order chi connectivity index (χ1) is 4.25. The number of carbonyl (C=O) groups excluding carboxylic acids is 1. The average Bonchev–Trinajstić information content (AvgIpc) is 2.15. The summed E-state index contributed by atoms with van der Waals surface area (Å²) < 4.78 is 0. The zero-order chi connectivity index (χ0) is 6.85. The molecule has 1 aliphatic heterocycles. The van der Waals surface area contributed by atoms with Gasteiger partial charge in [0.2, 0.25) is 5.91 Å². The van der Waals surface area contributed by atoms with E-state index in [2.05, 4.69) is 0 Å². The maximum absolute atomic E-state index is 10.6. The van der Waals surface area contributed by atoms with Crippen molar-refractivity contribution in [1.82, 2.24) is 5.01 Å². The Bertz CT molecular complexity index is 126. The number of carbonyl (C=O) groups is 1. The predicted octanol–water partition coefficient (Wildman–Crippen LogP) is -1.16. The van der Waals surface area contributed by atoms with E-state index in [1.54, 1.807) is 0 Å². The molecule has 0 saturated carbocycles. The van der Waals surface area contributed by atoms with Crippen molar-refractivity contribution in [3.05, 3.63) is 0 Å². The molecular weight excluding hydrogens is 120 g/mol. The molecule has 0 spiro atoms. The maximum atomic E-state index is 10.6. The average molecular weight is 130 g/mol. The van der Waals surface area contributed by atoms with E-state index in [0.29, 0.717) is 12.8 Å². The summed E-state index contributed by atoms with van der Waals surface area (Å²) in [6.45, 7) is -0.0256. The number of amides is 1. The lowest BCUT2D eigenvalue weighted by Gasteiger charge is -2.15. The van der Waals surface area contributed by atoms with Crippen LogP contribution in [0.5, 0.6) is 0 Å². The van der Waals surface area contributed by atoms with Crippen molar-refractivity contribution in [2.75, 3.05) is 6.61 Å². The Labute approximate surface area is 53.2 Å². The van der Waals surface area contributed by atoms with Gasteiger partial charge in [-0.2, -0.15) is 0 Å². The van der Waals surface area contributed by atoms with E-state index in [1.807, 2.05) is 0 Å². The molecule has 1 unspecified atom stereocenters. The van der Waals surface area contributed by atoms with Crippen LogP contribution in [0.2, 0.25) is 0 Å². The van der Waals surface area contributed by atoms with Gasteiger partial charge in [0.25, 0.3) is 0 Å². The van der Waals surface area contributed by atoms with Crippen molar-refractivity contribution in [3.8, 4) is 0 Å². The summed E-state index contributed by atoms with van der Waals surface area (Å²) in [5.41, 5.74) is 0. The fourth-order valence-corrected chi connectivity index (χ4v) is 0.941. The standard InChI is InChI=1S/C5H10N2O2/c6-7-4(3-8)1-2-5(7)9/h4,8H,1-3,6H2. The largest absolute Gasteiger partial charge is 0.394 e. The number of aliphatic hydroxyl groups is 1. The van der Waals surface area contributed by atoms with E-state index < -0.39 is 0 Å². The summed E-state index contributed by atoms with van der Waals surface area (Å²) in [6.07, 6.45) is 1.16. The molecule has 3 N–H and O–H groups in total. The van der Waals surface area contributed by atoms with Crippen molar-refractivity contribution >= 4 is 5.91 Å². The van der Waals surface area contributed by atoms with Crippen LogP contribution in [0.3, 0.4) is 0 Å². The lowest BCUT2D eigenvalue weighted by atomic mass is 10.2. The van der Waals surface area contributed by atoms with Gasteiger partial charge in [-0.05, 0) is 6.42 Å². The van der Waals surface area contributed by atoms with Crippen molar-refractivity contribution in [2.24, 2.45) is 5.84 Å². The molecule has 1 rings (SSSR count). The third-order valence-electron chi connectivity index (χ3n) is 1.58. The van der Waals surface area contributed by atoms with Crippen LogP contribution in [0.1, 0.15) is 12.8 Å². The van der Waals surface area contributed by atoms with E-state index in [1.165, 1.54) is 0 Å². The van der Waals surface area contributed by atoms with Crippen LogP contribution in [0.15, 0.2) is 0 Å². The Balaban J connectivity index is 2.51. The van der Waals surface area contributed by atoms with E-state index >= 15 is 0 Å². The van der Waals surface area contributed by atoms with Gasteiger partial charge in [-0.25, -0.2) is 5.84 Å². The molecule has 1 aliphatic rings. The highest BCUT2D eigenvalue weighted by molar-refractivity contribution is 5.77. The summed E-state index contributed by atoms with van der Waals surface area (Å²) in [7, 11) is 0. The Morgan fingerprint density at radius 2 is 2.56 bits per heavy atom. The first-order valence-corrected chi connectivity index (χ1v) is 2.93. The molecule has 0 aromatic heterocycles. The zero-order valence-corrected chi connectivity index (χ0v) is 5.08. The molecule has 0 aromatic carbocycles. The van der Waals surface area contributed by atoms with Crippen molar-refractivity contribution in [1.29, 1.82) is 0 Å². The second-order valence-electron chi connectivity index (χ2n) is 2.18. The SMILES string of the molecule is NN1C(=O)CCC1CO. The minimum atomic E-state index is -0.141. The first-order valence-electron chi connectivity index (χ1n) is 2.93. The Morgan fingerprint density at radius 1 is 1.89 bits per heavy atom. The molecule has 4 nitrogen and oxygen atoms in total. The van der Waals surface area contributed by atoms with Crippen LogP contribution < -0.4 is 5.84 Å². The van der Waals surface area contributed by atoms with E-state index in [9.17, 15) is 4.79 Å². The number of aliphatic hydroxyl groups excluding tert-OH is 1. The van der Waals surface area contributed by atoms with Crippen LogP contribution in [0, 0.1) is 0 Å². The number of nitrogens with zero attached hydrogens (tertiary/aromatic N) is 1. The number of hydrazine groups is 1. The molecule has 0 radical (unpaired) electrons. The molecule has 1 saturated heterocycles.